The second-order valence-corrected chi connectivity index (χ2v) is 5.79. The summed E-state index contributed by atoms with van der Waals surface area (Å²) in [6, 6.07) is 0.349. The van der Waals surface area contributed by atoms with Gasteiger partial charge in [0.2, 0.25) is 11.8 Å². The highest BCUT2D eigenvalue weighted by atomic mass is 16.4. The van der Waals surface area contributed by atoms with Crippen LogP contribution in [0.4, 0.5) is 6.01 Å². The van der Waals surface area contributed by atoms with Gasteiger partial charge < -0.3 is 20.0 Å². The Bertz CT molecular complexity index is 425. The maximum atomic E-state index is 11.6. The number of amides is 1. The number of carbonyl (C=O) groups is 1. The molecule has 0 bridgehead atoms. The molecule has 0 saturated heterocycles. The topological polar surface area (TPSA) is 83.3 Å². The molecule has 0 aliphatic heterocycles. The minimum Gasteiger partial charge on any atom is -0.407 e. The standard InChI is InChI=1S/C13H25N5O2/c1-6-7-14-10(19)9-18(5)12-17-16-11(20-12)8-15-13(2,3)4/h15H,6-9H2,1-5H3,(H,14,19). The van der Waals surface area contributed by atoms with Crippen molar-refractivity contribution in [2.45, 2.75) is 46.2 Å². The van der Waals surface area contributed by atoms with Gasteiger partial charge in [0, 0.05) is 19.1 Å². The zero-order chi connectivity index (χ0) is 15.2. The van der Waals surface area contributed by atoms with E-state index in [1.54, 1.807) is 11.9 Å². The molecule has 1 heterocycles. The fraction of sp³-hybridized carbons (Fsp3) is 0.769. The van der Waals surface area contributed by atoms with Crippen molar-refractivity contribution in [2.24, 2.45) is 0 Å². The second kappa shape index (κ2) is 7.23. The van der Waals surface area contributed by atoms with Crippen molar-refractivity contribution < 1.29 is 9.21 Å². The van der Waals surface area contributed by atoms with E-state index in [2.05, 4.69) is 41.6 Å². The number of carbonyl (C=O) groups excluding carboxylic acids is 1. The smallest absolute Gasteiger partial charge is 0.318 e. The van der Waals surface area contributed by atoms with Crippen molar-refractivity contribution in [1.82, 2.24) is 20.8 Å². The van der Waals surface area contributed by atoms with Gasteiger partial charge in [-0.25, -0.2) is 0 Å². The van der Waals surface area contributed by atoms with E-state index in [0.717, 1.165) is 6.42 Å². The number of nitrogens with one attached hydrogen (secondary N) is 2. The van der Waals surface area contributed by atoms with Crippen molar-refractivity contribution in [2.75, 3.05) is 25.0 Å². The first-order valence-electron chi connectivity index (χ1n) is 6.87. The number of hydrogen-bond acceptors (Lipinski definition) is 6. The van der Waals surface area contributed by atoms with Gasteiger partial charge in [0.05, 0.1) is 6.54 Å². The van der Waals surface area contributed by atoms with E-state index in [-0.39, 0.29) is 18.0 Å². The third-order valence-electron chi connectivity index (χ3n) is 2.51. The molecule has 1 aromatic rings. The molecule has 114 valence electrons. The largest absolute Gasteiger partial charge is 0.407 e. The lowest BCUT2D eigenvalue weighted by Gasteiger charge is -2.18. The summed E-state index contributed by atoms with van der Waals surface area (Å²) in [4.78, 5) is 13.2. The Kier molecular flexibility index (Phi) is 5.94. The van der Waals surface area contributed by atoms with Gasteiger partial charge in [-0.05, 0) is 27.2 Å². The fourth-order valence-electron chi connectivity index (χ4n) is 1.41. The molecule has 20 heavy (non-hydrogen) atoms. The average Bonchev–Trinajstić information content (AvgIpc) is 2.82. The van der Waals surface area contributed by atoms with Crippen LogP contribution in [0.5, 0.6) is 0 Å². The Labute approximate surface area is 120 Å². The summed E-state index contributed by atoms with van der Waals surface area (Å²) in [5.74, 6) is 0.456. The molecule has 0 aromatic carbocycles. The third-order valence-corrected chi connectivity index (χ3v) is 2.51. The number of hydrogen-bond donors (Lipinski definition) is 2. The molecule has 1 aromatic heterocycles. The lowest BCUT2D eigenvalue weighted by Crippen LogP contribution is -2.35. The van der Waals surface area contributed by atoms with E-state index in [1.165, 1.54) is 0 Å². The Morgan fingerprint density at radius 2 is 2.05 bits per heavy atom. The van der Waals surface area contributed by atoms with E-state index in [4.69, 9.17) is 4.42 Å². The first-order chi connectivity index (χ1) is 9.31. The van der Waals surface area contributed by atoms with Gasteiger partial charge in [-0.15, -0.1) is 5.10 Å². The highest BCUT2D eigenvalue weighted by Crippen LogP contribution is 2.11. The highest BCUT2D eigenvalue weighted by molar-refractivity contribution is 5.80. The summed E-state index contributed by atoms with van der Waals surface area (Å²) in [5.41, 5.74) is -0.0133. The van der Waals surface area contributed by atoms with Gasteiger partial charge >= 0.3 is 6.01 Å². The van der Waals surface area contributed by atoms with E-state index in [9.17, 15) is 4.79 Å². The van der Waals surface area contributed by atoms with Crippen LogP contribution in [0, 0.1) is 0 Å². The van der Waals surface area contributed by atoms with Crippen LogP contribution in [0.25, 0.3) is 0 Å². The first kappa shape index (κ1) is 16.4. The monoisotopic (exact) mass is 283 g/mol. The lowest BCUT2D eigenvalue weighted by atomic mass is 10.1. The SMILES string of the molecule is CCCNC(=O)CN(C)c1nnc(CNC(C)(C)C)o1. The Hall–Kier alpha value is -1.63. The number of rotatable bonds is 7. The van der Waals surface area contributed by atoms with Gasteiger partial charge in [0.15, 0.2) is 0 Å². The summed E-state index contributed by atoms with van der Waals surface area (Å²) >= 11 is 0. The first-order valence-corrected chi connectivity index (χ1v) is 6.87. The van der Waals surface area contributed by atoms with Crippen LogP contribution in [-0.2, 0) is 11.3 Å². The Balaban J connectivity index is 2.47. The molecule has 0 atom stereocenters. The summed E-state index contributed by atoms with van der Waals surface area (Å²) in [6.45, 7) is 9.59. The maximum Gasteiger partial charge on any atom is 0.318 e. The summed E-state index contributed by atoms with van der Waals surface area (Å²) < 4.78 is 5.51. The maximum absolute atomic E-state index is 11.6. The molecule has 0 aliphatic rings. The van der Waals surface area contributed by atoms with Crippen molar-refractivity contribution in [1.29, 1.82) is 0 Å². The van der Waals surface area contributed by atoms with Gasteiger partial charge in [-0.2, -0.15) is 0 Å². The second-order valence-electron chi connectivity index (χ2n) is 5.79. The van der Waals surface area contributed by atoms with Gasteiger partial charge in [0.25, 0.3) is 0 Å². The quantitative estimate of drug-likeness (QED) is 0.774. The van der Waals surface area contributed by atoms with Crippen LogP contribution in [-0.4, -0.2) is 41.8 Å². The highest BCUT2D eigenvalue weighted by Gasteiger charge is 2.15. The Morgan fingerprint density at radius 3 is 2.65 bits per heavy atom. The number of nitrogens with zero attached hydrogens (tertiary/aromatic N) is 3. The number of likely N-dealkylation sites (N-methyl/N-ethyl adjacent to an activating group) is 1. The summed E-state index contributed by atoms with van der Waals surface area (Å²) in [6.07, 6.45) is 0.915. The van der Waals surface area contributed by atoms with Crippen molar-refractivity contribution in [3.8, 4) is 0 Å². The molecule has 1 amide bonds. The average molecular weight is 283 g/mol. The van der Waals surface area contributed by atoms with Crippen LogP contribution in [0.3, 0.4) is 0 Å². The van der Waals surface area contributed by atoms with Gasteiger partial charge in [-0.3, -0.25) is 4.79 Å². The minimum absolute atomic E-state index is 0.0133. The van der Waals surface area contributed by atoms with E-state index in [1.807, 2.05) is 6.92 Å². The minimum atomic E-state index is -0.0538. The van der Waals surface area contributed by atoms with Gasteiger partial charge in [-0.1, -0.05) is 12.0 Å². The van der Waals surface area contributed by atoms with Crippen LogP contribution in [0.2, 0.25) is 0 Å². The van der Waals surface area contributed by atoms with Gasteiger partial charge in [0.1, 0.15) is 6.54 Å². The van der Waals surface area contributed by atoms with E-state index >= 15 is 0 Å². The van der Waals surface area contributed by atoms with E-state index in [0.29, 0.717) is 25.0 Å². The molecule has 0 saturated carbocycles. The molecular weight excluding hydrogens is 258 g/mol. The molecule has 0 aliphatic carbocycles. The Morgan fingerprint density at radius 1 is 1.35 bits per heavy atom. The molecule has 0 spiro atoms. The van der Waals surface area contributed by atoms with Crippen molar-refractivity contribution in [3.05, 3.63) is 5.89 Å². The van der Waals surface area contributed by atoms with Crippen LogP contribution in [0.1, 0.15) is 40.0 Å². The fourth-order valence-corrected chi connectivity index (χ4v) is 1.41. The van der Waals surface area contributed by atoms with Crippen LogP contribution >= 0.6 is 0 Å². The molecule has 7 nitrogen and oxygen atoms in total. The normalized spacial score (nSPS) is 11.4. The molecule has 0 unspecified atom stereocenters. The van der Waals surface area contributed by atoms with Crippen LogP contribution < -0.4 is 15.5 Å². The molecule has 7 heteroatoms. The van der Waals surface area contributed by atoms with Crippen molar-refractivity contribution in [3.63, 3.8) is 0 Å². The summed E-state index contributed by atoms with van der Waals surface area (Å²) in [5, 5.41) is 14.0. The zero-order valence-corrected chi connectivity index (χ0v) is 13.0. The molecule has 2 N–H and O–H groups in total. The molecule has 0 fully saturated rings. The summed E-state index contributed by atoms with van der Waals surface area (Å²) in [7, 11) is 1.75. The molecule has 1 rings (SSSR count). The third kappa shape index (κ3) is 6.01. The lowest BCUT2D eigenvalue weighted by molar-refractivity contribution is -0.119. The van der Waals surface area contributed by atoms with E-state index < -0.39 is 0 Å². The van der Waals surface area contributed by atoms with Crippen LogP contribution in [0.15, 0.2) is 4.42 Å². The predicted octanol–water partition coefficient (Wildman–Crippen LogP) is 0.920. The molecule has 0 radical (unpaired) electrons. The molecular formula is C13H25N5O2. The number of aromatic nitrogens is 2. The predicted molar refractivity (Wildman–Crippen MR) is 77.5 cm³/mol. The van der Waals surface area contributed by atoms with Crippen molar-refractivity contribution >= 4 is 11.9 Å². The number of anilines is 1. The zero-order valence-electron chi connectivity index (χ0n) is 13.0.